The molecule has 0 amide bonds. The first-order chi connectivity index (χ1) is 12.8. The van der Waals surface area contributed by atoms with E-state index in [2.05, 4.69) is 4.72 Å². The molecule has 2 N–H and O–H groups in total. The highest BCUT2D eigenvalue weighted by Gasteiger charge is 2.52. The first-order valence-electron chi connectivity index (χ1n) is 8.29. The zero-order valence-corrected chi connectivity index (χ0v) is 15.5. The lowest BCUT2D eigenvalue weighted by Gasteiger charge is -2.14. The molecule has 1 fully saturated rings. The van der Waals surface area contributed by atoms with Gasteiger partial charge in [0.15, 0.2) is 0 Å². The molecule has 0 saturated heterocycles. The highest BCUT2D eigenvalue weighted by molar-refractivity contribution is 7.89. The van der Waals surface area contributed by atoms with Crippen molar-refractivity contribution in [2.45, 2.75) is 29.7 Å². The van der Waals surface area contributed by atoms with Crippen molar-refractivity contribution in [3.05, 3.63) is 65.2 Å². The van der Waals surface area contributed by atoms with Crippen LogP contribution in [0.3, 0.4) is 0 Å². The van der Waals surface area contributed by atoms with Gasteiger partial charge in [-0.2, -0.15) is 0 Å². The molecule has 0 spiro atoms. The Morgan fingerprint density at radius 1 is 1.07 bits per heavy atom. The van der Waals surface area contributed by atoms with E-state index < -0.39 is 21.4 Å². The summed E-state index contributed by atoms with van der Waals surface area (Å²) >= 11 is 0. The molecule has 1 saturated carbocycles. The third-order valence-corrected chi connectivity index (χ3v) is 6.13. The molecule has 1 aliphatic rings. The summed E-state index contributed by atoms with van der Waals surface area (Å²) < 4.78 is 32.2. The minimum atomic E-state index is -3.74. The van der Waals surface area contributed by atoms with E-state index >= 15 is 0 Å². The first kappa shape index (κ1) is 19.1. The summed E-state index contributed by atoms with van der Waals surface area (Å²) in [5, 5.41) is 8.88. The van der Waals surface area contributed by atoms with Crippen LogP contribution < -0.4 is 4.72 Å². The number of sulfonamides is 1. The van der Waals surface area contributed by atoms with Crippen molar-refractivity contribution in [3.8, 4) is 0 Å². The SMILES string of the molecule is COC(=O)C1(c2ccc(S(=O)(=O)NCc3ccc(C(=O)O)cc3)cc2)CC1. The predicted molar refractivity (Wildman–Crippen MR) is 96.8 cm³/mol. The molecular weight excluding hydrogens is 370 g/mol. The fourth-order valence-corrected chi connectivity index (χ4v) is 3.93. The highest BCUT2D eigenvalue weighted by Crippen LogP contribution is 2.49. The number of benzene rings is 2. The highest BCUT2D eigenvalue weighted by atomic mass is 32.2. The van der Waals surface area contributed by atoms with E-state index in [0.29, 0.717) is 18.4 Å². The van der Waals surface area contributed by atoms with Crippen molar-refractivity contribution in [1.29, 1.82) is 0 Å². The zero-order valence-electron chi connectivity index (χ0n) is 14.6. The molecule has 2 aromatic rings. The topological polar surface area (TPSA) is 110 Å². The standard InChI is InChI=1S/C19H19NO6S/c1-26-18(23)19(10-11-19)15-6-8-16(9-7-15)27(24,25)20-12-13-2-4-14(5-3-13)17(21)22/h2-9,20H,10-12H2,1H3,(H,21,22). The van der Waals surface area contributed by atoms with E-state index in [-0.39, 0.29) is 23.0 Å². The maximum Gasteiger partial charge on any atom is 0.335 e. The number of hydrogen-bond acceptors (Lipinski definition) is 5. The van der Waals surface area contributed by atoms with Gasteiger partial charge >= 0.3 is 11.9 Å². The number of carbonyl (C=O) groups excluding carboxylic acids is 1. The van der Waals surface area contributed by atoms with Gasteiger partial charge in [0.1, 0.15) is 0 Å². The van der Waals surface area contributed by atoms with Gasteiger partial charge in [-0.1, -0.05) is 24.3 Å². The van der Waals surface area contributed by atoms with Gasteiger partial charge in [0.05, 0.1) is 23.0 Å². The normalized spacial score (nSPS) is 15.1. The van der Waals surface area contributed by atoms with Gasteiger partial charge in [-0.3, -0.25) is 4.79 Å². The Labute approximate surface area is 157 Å². The monoisotopic (exact) mass is 389 g/mol. The minimum absolute atomic E-state index is 0.0378. The van der Waals surface area contributed by atoms with Gasteiger partial charge in [0.25, 0.3) is 0 Å². The van der Waals surface area contributed by atoms with Crippen LogP contribution in [0, 0.1) is 0 Å². The van der Waals surface area contributed by atoms with Crippen LogP contribution in [0.4, 0.5) is 0 Å². The lowest BCUT2D eigenvalue weighted by atomic mass is 9.96. The Morgan fingerprint density at radius 2 is 1.67 bits per heavy atom. The Balaban J connectivity index is 1.70. The number of esters is 1. The first-order valence-corrected chi connectivity index (χ1v) is 9.78. The summed E-state index contributed by atoms with van der Waals surface area (Å²) in [6.45, 7) is 0.0378. The second kappa shape index (κ2) is 7.13. The largest absolute Gasteiger partial charge is 0.478 e. The van der Waals surface area contributed by atoms with Crippen LogP contribution in [0.25, 0.3) is 0 Å². The van der Waals surface area contributed by atoms with Crippen molar-refractivity contribution in [3.63, 3.8) is 0 Å². The molecule has 0 heterocycles. The minimum Gasteiger partial charge on any atom is -0.478 e. The van der Waals surface area contributed by atoms with Gasteiger partial charge < -0.3 is 9.84 Å². The van der Waals surface area contributed by atoms with Crippen LogP contribution in [-0.2, 0) is 31.5 Å². The van der Waals surface area contributed by atoms with Crippen molar-refractivity contribution in [1.82, 2.24) is 4.72 Å². The molecule has 7 nitrogen and oxygen atoms in total. The third-order valence-electron chi connectivity index (χ3n) is 4.71. The Hall–Kier alpha value is -2.71. The second-order valence-corrected chi connectivity index (χ2v) is 8.19. The van der Waals surface area contributed by atoms with Crippen molar-refractivity contribution in [2.75, 3.05) is 7.11 Å². The van der Waals surface area contributed by atoms with E-state index in [1.54, 1.807) is 24.3 Å². The number of ether oxygens (including phenoxy) is 1. The van der Waals surface area contributed by atoms with Crippen LogP contribution in [0.1, 0.15) is 34.3 Å². The fraction of sp³-hybridized carbons (Fsp3) is 0.263. The number of aromatic carboxylic acids is 1. The van der Waals surface area contributed by atoms with Crippen molar-refractivity contribution < 1.29 is 27.9 Å². The molecular formula is C19H19NO6S. The summed E-state index contributed by atoms with van der Waals surface area (Å²) in [6.07, 6.45) is 1.38. The van der Waals surface area contributed by atoms with E-state index in [4.69, 9.17) is 9.84 Å². The van der Waals surface area contributed by atoms with Gasteiger partial charge in [-0.25, -0.2) is 17.9 Å². The van der Waals surface area contributed by atoms with Gasteiger partial charge in [0, 0.05) is 6.54 Å². The van der Waals surface area contributed by atoms with Crippen molar-refractivity contribution >= 4 is 22.0 Å². The smallest absolute Gasteiger partial charge is 0.335 e. The van der Waals surface area contributed by atoms with E-state index in [0.717, 1.165) is 5.56 Å². The molecule has 0 radical (unpaired) electrons. The lowest BCUT2D eigenvalue weighted by molar-refractivity contribution is -0.143. The van der Waals surface area contributed by atoms with Crippen LogP contribution in [-0.4, -0.2) is 32.6 Å². The number of carboxylic acids is 1. The number of rotatable bonds is 7. The summed E-state index contributed by atoms with van der Waals surface area (Å²) in [6, 6.07) is 12.2. The number of methoxy groups -OCH3 is 1. The lowest BCUT2D eigenvalue weighted by Crippen LogP contribution is -2.24. The molecule has 0 unspecified atom stereocenters. The Bertz CT molecular complexity index is 960. The fourth-order valence-electron chi connectivity index (χ4n) is 2.91. The van der Waals surface area contributed by atoms with E-state index in [1.165, 1.54) is 31.4 Å². The Morgan fingerprint density at radius 3 is 2.15 bits per heavy atom. The second-order valence-electron chi connectivity index (χ2n) is 6.42. The van der Waals surface area contributed by atoms with Gasteiger partial charge in [0.2, 0.25) is 10.0 Å². The average molecular weight is 389 g/mol. The number of nitrogens with one attached hydrogen (secondary N) is 1. The summed E-state index contributed by atoms with van der Waals surface area (Å²) in [5.74, 6) is -1.34. The maximum atomic E-state index is 12.5. The molecule has 0 aromatic heterocycles. The molecule has 0 aliphatic heterocycles. The molecule has 27 heavy (non-hydrogen) atoms. The van der Waals surface area contributed by atoms with Crippen LogP contribution >= 0.6 is 0 Å². The zero-order chi connectivity index (χ0) is 19.7. The number of carboxylic acid groups (broad SMARTS) is 1. The molecule has 0 atom stereocenters. The molecule has 8 heteroatoms. The van der Waals surface area contributed by atoms with Crippen LogP contribution in [0.5, 0.6) is 0 Å². The molecule has 1 aliphatic carbocycles. The van der Waals surface area contributed by atoms with Crippen LogP contribution in [0.15, 0.2) is 53.4 Å². The summed E-state index contributed by atoms with van der Waals surface area (Å²) in [5.41, 5.74) is 0.883. The quantitative estimate of drug-likeness (QED) is 0.702. The van der Waals surface area contributed by atoms with Crippen LogP contribution in [0.2, 0.25) is 0 Å². The molecule has 3 rings (SSSR count). The molecule has 2 aromatic carbocycles. The van der Waals surface area contributed by atoms with Gasteiger partial charge in [-0.15, -0.1) is 0 Å². The van der Waals surface area contributed by atoms with E-state index in [1.807, 2.05) is 0 Å². The Kier molecular flexibility index (Phi) is 5.03. The molecule has 0 bridgehead atoms. The summed E-state index contributed by atoms with van der Waals surface area (Å²) in [7, 11) is -2.39. The van der Waals surface area contributed by atoms with Gasteiger partial charge in [-0.05, 0) is 48.2 Å². The molecule has 142 valence electrons. The number of hydrogen-bond donors (Lipinski definition) is 2. The van der Waals surface area contributed by atoms with Crippen molar-refractivity contribution in [2.24, 2.45) is 0 Å². The summed E-state index contributed by atoms with van der Waals surface area (Å²) in [4.78, 5) is 22.8. The van der Waals surface area contributed by atoms with E-state index in [9.17, 15) is 18.0 Å². The average Bonchev–Trinajstić information content (AvgIpc) is 3.48. The maximum absolute atomic E-state index is 12.5. The predicted octanol–water partition coefficient (Wildman–Crippen LogP) is 2.07. The number of carbonyl (C=O) groups is 2. The third kappa shape index (κ3) is 3.86.